The third kappa shape index (κ3) is 4.93. The van der Waals surface area contributed by atoms with Crippen molar-refractivity contribution in [1.82, 2.24) is 25.4 Å². The summed E-state index contributed by atoms with van der Waals surface area (Å²) < 4.78 is 0. The van der Waals surface area contributed by atoms with Crippen molar-refractivity contribution in [2.45, 2.75) is 51.5 Å². The Hall–Kier alpha value is -2.70. The molecule has 2 N–H and O–H groups in total. The molecule has 1 fully saturated rings. The van der Waals surface area contributed by atoms with Crippen LogP contribution < -0.4 is 5.32 Å². The van der Waals surface area contributed by atoms with Crippen LogP contribution in [0.2, 0.25) is 0 Å². The van der Waals surface area contributed by atoms with E-state index in [0.29, 0.717) is 31.0 Å². The van der Waals surface area contributed by atoms with Gasteiger partial charge in [-0.25, -0.2) is 4.98 Å². The number of amides is 2. The molecular weight excluding hydrogens is 342 g/mol. The van der Waals surface area contributed by atoms with Gasteiger partial charge in [0.2, 0.25) is 5.91 Å². The molecule has 1 atom stereocenters. The fraction of sp³-hybridized carbons (Fsp3) is 0.500. The van der Waals surface area contributed by atoms with Crippen molar-refractivity contribution in [3.05, 3.63) is 47.5 Å². The zero-order valence-corrected chi connectivity index (χ0v) is 15.9. The van der Waals surface area contributed by atoms with E-state index >= 15 is 0 Å². The van der Waals surface area contributed by atoms with Gasteiger partial charge in [0, 0.05) is 43.5 Å². The number of likely N-dealkylation sites (tertiary alicyclic amines) is 1. The molecule has 1 unspecified atom stereocenters. The van der Waals surface area contributed by atoms with Crippen molar-refractivity contribution >= 4 is 11.8 Å². The molecule has 1 aliphatic heterocycles. The van der Waals surface area contributed by atoms with E-state index in [1.165, 1.54) is 0 Å². The molecule has 2 heterocycles. The number of hydrogen-bond donors (Lipinski definition) is 2. The summed E-state index contributed by atoms with van der Waals surface area (Å²) in [5, 5.41) is 10.2. The lowest BCUT2D eigenvalue weighted by atomic mass is 9.95. The van der Waals surface area contributed by atoms with E-state index < -0.39 is 0 Å². The van der Waals surface area contributed by atoms with Gasteiger partial charge in [-0.3, -0.25) is 14.7 Å². The largest absolute Gasteiger partial charge is 0.349 e. The number of nitrogens with one attached hydrogen (secondary N) is 2. The van der Waals surface area contributed by atoms with Crippen LogP contribution >= 0.6 is 0 Å². The van der Waals surface area contributed by atoms with Crippen molar-refractivity contribution in [3.8, 4) is 0 Å². The Morgan fingerprint density at radius 2 is 1.96 bits per heavy atom. The quantitative estimate of drug-likeness (QED) is 0.817. The molecule has 2 amide bonds. The topological polar surface area (TPSA) is 91.0 Å². The summed E-state index contributed by atoms with van der Waals surface area (Å²) in [4.78, 5) is 31.1. The highest BCUT2D eigenvalue weighted by molar-refractivity contribution is 5.94. The summed E-state index contributed by atoms with van der Waals surface area (Å²) in [5.41, 5.74) is 0.607. The van der Waals surface area contributed by atoms with E-state index in [0.717, 1.165) is 30.9 Å². The number of nitrogens with zero attached hydrogens (tertiary/aromatic N) is 3. The van der Waals surface area contributed by atoms with Crippen LogP contribution in [0.1, 0.15) is 61.0 Å². The van der Waals surface area contributed by atoms with E-state index in [9.17, 15) is 9.59 Å². The summed E-state index contributed by atoms with van der Waals surface area (Å²) in [6.07, 6.45) is 2.90. The number of rotatable bonds is 6. The minimum Gasteiger partial charge on any atom is -0.349 e. The monoisotopic (exact) mass is 369 g/mol. The van der Waals surface area contributed by atoms with Crippen LogP contribution in [0.15, 0.2) is 30.3 Å². The average Bonchev–Trinajstić information content (AvgIpc) is 3.18. The third-order valence-electron chi connectivity index (χ3n) is 4.99. The maximum atomic E-state index is 12.6. The first-order chi connectivity index (χ1) is 13.1. The smallest absolute Gasteiger partial charge is 0.251 e. The predicted octanol–water partition coefficient (Wildman–Crippen LogP) is 2.28. The maximum Gasteiger partial charge on any atom is 0.251 e. The second kappa shape index (κ2) is 8.79. The molecule has 7 nitrogen and oxygen atoms in total. The van der Waals surface area contributed by atoms with Gasteiger partial charge in [0.25, 0.3) is 5.91 Å². The molecule has 27 heavy (non-hydrogen) atoms. The average molecular weight is 369 g/mol. The van der Waals surface area contributed by atoms with E-state index in [4.69, 9.17) is 0 Å². The molecule has 0 aliphatic carbocycles. The summed E-state index contributed by atoms with van der Waals surface area (Å²) in [5.74, 6) is 2.01. The van der Waals surface area contributed by atoms with Crippen LogP contribution in [0.5, 0.6) is 0 Å². The van der Waals surface area contributed by atoms with Crippen molar-refractivity contribution < 1.29 is 9.59 Å². The summed E-state index contributed by atoms with van der Waals surface area (Å²) in [6.45, 7) is 5.33. The Bertz CT molecular complexity index is 766. The second-order valence-electron chi connectivity index (χ2n) is 7.09. The van der Waals surface area contributed by atoms with Gasteiger partial charge < -0.3 is 10.2 Å². The molecule has 1 saturated heterocycles. The molecule has 0 bridgehead atoms. The van der Waals surface area contributed by atoms with Gasteiger partial charge in [0.05, 0.1) is 0 Å². The van der Waals surface area contributed by atoms with E-state index in [1.807, 2.05) is 36.9 Å². The van der Waals surface area contributed by atoms with E-state index in [2.05, 4.69) is 20.5 Å². The van der Waals surface area contributed by atoms with E-state index in [1.54, 1.807) is 12.1 Å². The van der Waals surface area contributed by atoms with Crippen molar-refractivity contribution in [3.63, 3.8) is 0 Å². The summed E-state index contributed by atoms with van der Waals surface area (Å²) >= 11 is 0. The van der Waals surface area contributed by atoms with Crippen LogP contribution in [0, 0.1) is 0 Å². The number of aryl methyl sites for hydroxylation is 1. The number of piperidine rings is 1. The fourth-order valence-electron chi connectivity index (χ4n) is 3.38. The highest BCUT2D eigenvalue weighted by atomic mass is 16.2. The Morgan fingerprint density at radius 1 is 1.26 bits per heavy atom. The number of hydrogen-bond acceptors (Lipinski definition) is 4. The first kappa shape index (κ1) is 19.1. The molecule has 0 radical (unpaired) electrons. The number of H-pyrrole nitrogens is 1. The number of aromatic nitrogens is 3. The standard InChI is InChI=1S/C20H27N5O2/c1-3-17-22-19(24-23-17)15-9-11-25(12-10-15)18(26)13-14(2)21-20(27)16-7-5-4-6-8-16/h4-8,14-15H,3,9-13H2,1-2H3,(H,21,27)(H,22,23,24). The van der Waals surface area contributed by atoms with Crippen LogP contribution in [0.3, 0.4) is 0 Å². The van der Waals surface area contributed by atoms with Crippen LogP contribution in [-0.4, -0.2) is 51.0 Å². The molecule has 1 aliphatic rings. The molecule has 0 spiro atoms. The SMILES string of the molecule is CCc1nc(C2CCN(C(=O)CC(C)NC(=O)c3ccccc3)CC2)n[nH]1. The Morgan fingerprint density at radius 3 is 2.59 bits per heavy atom. The number of carbonyl (C=O) groups excluding carboxylic acids is 2. The molecule has 2 aromatic rings. The number of benzene rings is 1. The molecule has 7 heteroatoms. The van der Waals surface area contributed by atoms with Gasteiger partial charge in [-0.2, -0.15) is 5.10 Å². The second-order valence-corrected chi connectivity index (χ2v) is 7.09. The highest BCUT2D eigenvalue weighted by Gasteiger charge is 2.27. The minimum absolute atomic E-state index is 0.0820. The predicted molar refractivity (Wildman–Crippen MR) is 102 cm³/mol. The van der Waals surface area contributed by atoms with Gasteiger partial charge in [-0.1, -0.05) is 25.1 Å². The van der Waals surface area contributed by atoms with Crippen molar-refractivity contribution in [2.75, 3.05) is 13.1 Å². The van der Waals surface area contributed by atoms with Crippen LogP contribution in [-0.2, 0) is 11.2 Å². The number of aromatic amines is 1. The molecule has 144 valence electrons. The lowest BCUT2D eigenvalue weighted by Crippen LogP contribution is -2.42. The summed E-state index contributed by atoms with van der Waals surface area (Å²) in [7, 11) is 0. The molecule has 1 aromatic carbocycles. The van der Waals surface area contributed by atoms with Gasteiger partial charge in [-0.05, 0) is 31.9 Å². The van der Waals surface area contributed by atoms with Gasteiger partial charge in [0.1, 0.15) is 5.82 Å². The van der Waals surface area contributed by atoms with Crippen LogP contribution in [0.4, 0.5) is 0 Å². The molecule has 0 saturated carbocycles. The maximum absolute atomic E-state index is 12.6. The van der Waals surface area contributed by atoms with Gasteiger partial charge in [0.15, 0.2) is 5.82 Å². The highest BCUT2D eigenvalue weighted by Crippen LogP contribution is 2.25. The Kier molecular flexibility index (Phi) is 6.21. The lowest BCUT2D eigenvalue weighted by molar-refractivity contribution is -0.132. The zero-order valence-electron chi connectivity index (χ0n) is 15.9. The van der Waals surface area contributed by atoms with E-state index in [-0.39, 0.29) is 17.9 Å². The first-order valence-corrected chi connectivity index (χ1v) is 9.61. The minimum atomic E-state index is -0.206. The summed E-state index contributed by atoms with van der Waals surface area (Å²) in [6, 6.07) is 8.85. The van der Waals surface area contributed by atoms with Crippen molar-refractivity contribution in [2.24, 2.45) is 0 Å². The molecular formula is C20H27N5O2. The first-order valence-electron chi connectivity index (χ1n) is 9.61. The third-order valence-corrected chi connectivity index (χ3v) is 4.99. The Labute approximate surface area is 159 Å². The van der Waals surface area contributed by atoms with Gasteiger partial charge >= 0.3 is 0 Å². The zero-order chi connectivity index (χ0) is 19.2. The normalized spacial score (nSPS) is 16.1. The molecule has 3 rings (SSSR count). The fourth-order valence-corrected chi connectivity index (χ4v) is 3.38. The number of carbonyl (C=O) groups is 2. The van der Waals surface area contributed by atoms with Crippen LogP contribution in [0.25, 0.3) is 0 Å². The van der Waals surface area contributed by atoms with Crippen molar-refractivity contribution in [1.29, 1.82) is 0 Å². The van der Waals surface area contributed by atoms with Gasteiger partial charge in [-0.15, -0.1) is 0 Å². The Balaban J connectivity index is 1.45. The lowest BCUT2D eigenvalue weighted by Gasteiger charge is -2.31. The molecule has 1 aromatic heterocycles.